The monoisotopic (exact) mass is 376 g/mol. The van der Waals surface area contributed by atoms with E-state index in [4.69, 9.17) is 22.1 Å². The number of hydrogen-bond acceptors (Lipinski definition) is 4. The van der Waals surface area contributed by atoms with Crippen molar-refractivity contribution in [2.75, 3.05) is 0 Å². The topological polar surface area (TPSA) is 87.7 Å². The second-order valence-corrected chi connectivity index (χ2v) is 6.91. The third-order valence-corrected chi connectivity index (χ3v) is 5.16. The summed E-state index contributed by atoms with van der Waals surface area (Å²) in [6.45, 7) is 1.91. The Morgan fingerprint density at radius 3 is 2.67 bits per heavy atom. The van der Waals surface area contributed by atoms with Crippen LogP contribution in [0.4, 0.5) is 0 Å². The van der Waals surface area contributed by atoms with Crippen molar-refractivity contribution < 1.29 is 4.74 Å². The Morgan fingerprint density at radius 2 is 1.96 bits per heavy atom. The summed E-state index contributed by atoms with van der Waals surface area (Å²) in [6, 6.07) is 18.1. The van der Waals surface area contributed by atoms with Gasteiger partial charge in [0, 0.05) is 16.3 Å². The van der Waals surface area contributed by atoms with Gasteiger partial charge in [-0.15, -0.1) is 5.10 Å². The van der Waals surface area contributed by atoms with E-state index < -0.39 is 0 Å². The van der Waals surface area contributed by atoms with Crippen LogP contribution in [-0.2, 0) is 6.42 Å². The summed E-state index contributed by atoms with van der Waals surface area (Å²) in [7, 11) is 0. The van der Waals surface area contributed by atoms with E-state index in [0.29, 0.717) is 11.5 Å². The Morgan fingerprint density at radius 1 is 1.22 bits per heavy atom. The Hall–Kier alpha value is -3.23. The molecule has 3 N–H and O–H groups in total. The highest BCUT2D eigenvalue weighted by molar-refractivity contribution is 6.31. The van der Waals surface area contributed by atoms with E-state index in [1.165, 1.54) is 0 Å². The van der Waals surface area contributed by atoms with E-state index in [0.717, 1.165) is 39.4 Å². The van der Waals surface area contributed by atoms with Gasteiger partial charge in [0.1, 0.15) is 11.6 Å². The number of nitrogens with one attached hydrogen (secondary N) is 1. The smallest absolute Gasteiger partial charge is 0.244 e. The number of halogens is 1. The molecule has 2 heterocycles. The number of benzene rings is 2. The zero-order valence-corrected chi connectivity index (χ0v) is 15.4. The summed E-state index contributed by atoms with van der Waals surface area (Å²) in [5.41, 5.74) is 11.2. The van der Waals surface area contributed by atoms with Crippen LogP contribution in [0.2, 0.25) is 5.02 Å². The standard InChI is InChI=1S/C21H17ClN4O/c1-12-18-19(16(11-23)20(24)27-21(18)26-25-12)14-8-6-13(7-9-14)10-15-4-2-3-5-17(15)22/h2-9,19H,10,24H2,1H3,(H,25,26). The molecule has 1 aliphatic rings. The second-order valence-electron chi connectivity index (χ2n) is 6.50. The van der Waals surface area contributed by atoms with Crippen LogP contribution in [0.25, 0.3) is 0 Å². The van der Waals surface area contributed by atoms with Crippen LogP contribution in [0.3, 0.4) is 0 Å². The van der Waals surface area contributed by atoms with Gasteiger partial charge in [-0.1, -0.05) is 54.1 Å². The number of nitriles is 1. The van der Waals surface area contributed by atoms with Crippen LogP contribution in [0.5, 0.6) is 5.88 Å². The molecule has 134 valence electrons. The van der Waals surface area contributed by atoms with Crippen molar-refractivity contribution >= 4 is 11.6 Å². The predicted octanol–water partition coefficient (Wildman–Crippen LogP) is 4.18. The second kappa shape index (κ2) is 6.82. The van der Waals surface area contributed by atoms with E-state index in [1.807, 2.05) is 55.5 Å². The number of ether oxygens (including phenoxy) is 1. The zero-order valence-electron chi connectivity index (χ0n) is 14.7. The minimum atomic E-state index is -0.299. The van der Waals surface area contributed by atoms with Gasteiger partial charge >= 0.3 is 0 Å². The highest BCUT2D eigenvalue weighted by Crippen LogP contribution is 2.42. The first-order valence-electron chi connectivity index (χ1n) is 8.53. The molecule has 4 rings (SSSR count). The SMILES string of the molecule is Cc1[nH]nc2c1C(c1ccc(Cc3ccccc3Cl)cc1)C(C#N)=C(N)O2. The fraction of sp³-hybridized carbons (Fsp3) is 0.143. The van der Waals surface area contributed by atoms with Crippen molar-refractivity contribution in [3.05, 3.63) is 93.0 Å². The van der Waals surface area contributed by atoms with Gasteiger partial charge in [-0.2, -0.15) is 5.26 Å². The molecule has 27 heavy (non-hydrogen) atoms. The van der Waals surface area contributed by atoms with Gasteiger partial charge in [-0.25, -0.2) is 0 Å². The maximum absolute atomic E-state index is 9.61. The maximum atomic E-state index is 9.61. The van der Waals surface area contributed by atoms with E-state index in [9.17, 15) is 5.26 Å². The minimum absolute atomic E-state index is 0.0987. The molecule has 3 aromatic rings. The Balaban J connectivity index is 1.70. The summed E-state index contributed by atoms with van der Waals surface area (Å²) in [5, 5.41) is 17.4. The maximum Gasteiger partial charge on any atom is 0.244 e. The number of aromatic nitrogens is 2. The molecule has 6 heteroatoms. The molecular weight excluding hydrogens is 360 g/mol. The lowest BCUT2D eigenvalue weighted by Gasteiger charge is -2.23. The number of nitrogens with zero attached hydrogens (tertiary/aromatic N) is 2. The highest BCUT2D eigenvalue weighted by Gasteiger charge is 2.34. The molecule has 2 aromatic carbocycles. The van der Waals surface area contributed by atoms with Gasteiger partial charge in [0.05, 0.1) is 5.92 Å². The van der Waals surface area contributed by atoms with Crippen LogP contribution in [0.15, 0.2) is 60.0 Å². The molecule has 0 bridgehead atoms. The summed E-state index contributed by atoms with van der Waals surface area (Å²) in [4.78, 5) is 0. The van der Waals surface area contributed by atoms with Gasteiger partial charge in [0.15, 0.2) is 0 Å². The molecule has 1 atom stereocenters. The molecule has 0 saturated carbocycles. The number of hydrogen-bond donors (Lipinski definition) is 2. The third kappa shape index (κ3) is 3.05. The van der Waals surface area contributed by atoms with E-state index in [1.54, 1.807) is 0 Å². The van der Waals surface area contributed by atoms with Crippen LogP contribution in [0, 0.1) is 18.3 Å². The number of aryl methyl sites for hydroxylation is 1. The summed E-state index contributed by atoms with van der Waals surface area (Å²) in [6.07, 6.45) is 0.743. The lowest BCUT2D eigenvalue weighted by molar-refractivity contribution is 0.379. The quantitative estimate of drug-likeness (QED) is 0.717. The average Bonchev–Trinajstić information content (AvgIpc) is 3.03. The molecule has 1 unspecified atom stereocenters. The number of allylic oxidation sites excluding steroid dienone is 1. The van der Waals surface area contributed by atoms with E-state index in [-0.39, 0.29) is 11.8 Å². The number of rotatable bonds is 3. The minimum Gasteiger partial charge on any atom is -0.420 e. The molecular formula is C21H17ClN4O. The fourth-order valence-electron chi connectivity index (χ4n) is 3.42. The summed E-state index contributed by atoms with van der Waals surface area (Å²) in [5.74, 6) is 0.225. The Bertz CT molecular complexity index is 1080. The molecule has 0 amide bonds. The Kier molecular flexibility index (Phi) is 4.35. The van der Waals surface area contributed by atoms with Crippen LogP contribution < -0.4 is 10.5 Å². The number of aromatic amines is 1. The van der Waals surface area contributed by atoms with Crippen LogP contribution >= 0.6 is 11.6 Å². The van der Waals surface area contributed by atoms with Gasteiger partial charge in [0.25, 0.3) is 0 Å². The summed E-state index contributed by atoms with van der Waals surface area (Å²) < 4.78 is 5.50. The number of nitrogens with two attached hydrogens (primary N) is 1. The molecule has 1 aliphatic heterocycles. The normalized spacial score (nSPS) is 15.8. The van der Waals surface area contributed by atoms with E-state index >= 15 is 0 Å². The van der Waals surface area contributed by atoms with Crippen molar-refractivity contribution in [3.8, 4) is 11.9 Å². The third-order valence-electron chi connectivity index (χ3n) is 4.79. The molecule has 5 nitrogen and oxygen atoms in total. The van der Waals surface area contributed by atoms with Crippen LogP contribution in [-0.4, -0.2) is 10.2 Å². The first kappa shape index (κ1) is 17.2. The van der Waals surface area contributed by atoms with Gasteiger partial charge in [-0.05, 0) is 36.1 Å². The van der Waals surface area contributed by atoms with Gasteiger partial charge < -0.3 is 10.5 Å². The molecule has 1 aromatic heterocycles. The largest absolute Gasteiger partial charge is 0.420 e. The van der Waals surface area contributed by atoms with Crippen molar-refractivity contribution in [2.24, 2.45) is 5.73 Å². The lowest BCUT2D eigenvalue weighted by atomic mass is 9.83. The van der Waals surface area contributed by atoms with Crippen molar-refractivity contribution in [3.63, 3.8) is 0 Å². The fourth-order valence-corrected chi connectivity index (χ4v) is 3.62. The predicted molar refractivity (Wildman–Crippen MR) is 103 cm³/mol. The van der Waals surface area contributed by atoms with Crippen molar-refractivity contribution in [1.29, 1.82) is 5.26 Å². The number of fused-ring (bicyclic) bond motifs is 1. The summed E-state index contributed by atoms with van der Waals surface area (Å²) >= 11 is 6.26. The Labute approximate surface area is 162 Å². The van der Waals surface area contributed by atoms with Crippen molar-refractivity contribution in [1.82, 2.24) is 10.2 Å². The van der Waals surface area contributed by atoms with Gasteiger partial charge in [0.2, 0.25) is 11.8 Å². The van der Waals surface area contributed by atoms with Crippen LogP contribution in [0.1, 0.15) is 33.9 Å². The number of H-pyrrole nitrogens is 1. The molecule has 0 spiro atoms. The molecule has 0 saturated heterocycles. The average molecular weight is 377 g/mol. The molecule has 0 fully saturated rings. The molecule has 0 radical (unpaired) electrons. The first-order valence-corrected chi connectivity index (χ1v) is 8.91. The highest BCUT2D eigenvalue weighted by atomic mass is 35.5. The van der Waals surface area contributed by atoms with E-state index in [2.05, 4.69) is 16.3 Å². The van der Waals surface area contributed by atoms with Crippen molar-refractivity contribution in [2.45, 2.75) is 19.3 Å². The lowest BCUT2D eigenvalue weighted by Crippen LogP contribution is -2.21. The zero-order chi connectivity index (χ0) is 19.0. The molecule has 0 aliphatic carbocycles. The first-order chi connectivity index (χ1) is 13.1. The van der Waals surface area contributed by atoms with Gasteiger partial charge in [-0.3, -0.25) is 5.10 Å².